The zero-order chi connectivity index (χ0) is 17.9. The third kappa shape index (κ3) is 7.87. The first-order valence-corrected chi connectivity index (χ1v) is 8.42. The van der Waals surface area contributed by atoms with E-state index in [1.807, 2.05) is 59.5 Å². The molecule has 0 fully saturated rings. The summed E-state index contributed by atoms with van der Waals surface area (Å²) >= 11 is 0. The average Bonchev–Trinajstić information content (AvgIpc) is 2.63. The number of halogens is 1. The second-order valence-corrected chi connectivity index (χ2v) is 5.82. The first-order valence-electron chi connectivity index (χ1n) is 8.42. The normalized spacial score (nSPS) is 10.2. The van der Waals surface area contributed by atoms with Crippen molar-refractivity contribution in [3.8, 4) is 0 Å². The fourth-order valence-corrected chi connectivity index (χ4v) is 2.44. The molecule has 2 aromatic rings. The molecule has 0 aliphatic heterocycles. The van der Waals surface area contributed by atoms with Crippen molar-refractivity contribution in [2.45, 2.75) is 13.0 Å². The minimum Gasteiger partial charge on any atom is -0.399 e. The van der Waals surface area contributed by atoms with E-state index in [1.54, 1.807) is 7.11 Å². The van der Waals surface area contributed by atoms with Gasteiger partial charge in [0.05, 0.1) is 26.2 Å². The van der Waals surface area contributed by atoms with E-state index in [-0.39, 0.29) is 18.3 Å². The highest BCUT2D eigenvalue weighted by atomic mass is 35.5. The SMILES string of the molecule is COCCOCCN(Cc1ccccc1)C(=O)Cc1ccc(N)cc1.Cl. The number of anilines is 1. The Labute approximate surface area is 161 Å². The van der Waals surface area contributed by atoms with Crippen molar-refractivity contribution in [1.82, 2.24) is 4.90 Å². The largest absolute Gasteiger partial charge is 0.399 e. The second kappa shape index (κ2) is 12.3. The molecule has 0 aliphatic rings. The lowest BCUT2D eigenvalue weighted by Gasteiger charge is -2.23. The van der Waals surface area contributed by atoms with E-state index in [0.717, 1.165) is 11.1 Å². The van der Waals surface area contributed by atoms with Crippen LogP contribution in [0, 0.1) is 0 Å². The van der Waals surface area contributed by atoms with Gasteiger partial charge in [-0.25, -0.2) is 0 Å². The quantitative estimate of drug-likeness (QED) is 0.510. The van der Waals surface area contributed by atoms with Gasteiger partial charge < -0.3 is 20.1 Å². The van der Waals surface area contributed by atoms with Crippen LogP contribution in [0.15, 0.2) is 54.6 Å². The van der Waals surface area contributed by atoms with Gasteiger partial charge in [-0.15, -0.1) is 12.4 Å². The summed E-state index contributed by atoms with van der Waals surface area (Å²) in [7, 11) is 1.64. The summed E-state index contributed by atoms with van der Waals surface area (Å²) in [5.74, 6) is 0.0731. The zero-order valence-electron chi connectivity index (χ0n) is 15.1. The maximum atomic E-state index is 12.7. The van der Waals surface area contributed by atoms with Crippen LogP contribution < -0.4 is 5.73 Å². The van der Waals surface area contributed by atoms with Gasteiger partial charge in [0, 0.05) is 25.9 Å². The van der Waals surface area contributed by atoms with Crippen LogP contribution in [-0.4, -0.2) is 44.3 Å². The van der Waals surface area contributed by atoms with E-state index < -0.39 is 0 Å². The molecule has 0 saturated heterocycles. The van der Waals surface area contributed by atoms with E-state index in [0.29, 0.717) is 45.0 Å². The summed E-state index contributed by atoms with van der Waals surface area (Å²) in [5, 5.41) is 0. The molecule has 0 saturated carbocycles. The van der Waals surface area contributed by atoms with Crippen LogP contribution in [0.5, 0.6) is 0 Å². The van der Waals surface area contributed by atoms with Crippen molar-refractivity contribution in [3.63, 3.8) is 0 Å². The Bertz CT molecular complexity index is 635. The third-order valence-electron chi connectivity index (χ3n) is 3.84. The molecule has 0 heterocycles. The van der Waals surface area contributed by atoms with Crippen molar-refractivity contribution < 1.29 is 14.3 Å². The average molecular weight is 379 g/mol. The number of rotatable bonds is 10. The number of amides is 1. The summed E-state index contributed by atoms with van der Waals surface area (Å²) in [6.07, 6.45) is 0.352. The number of nitrogens with zero attached hydrogens (tertiary/aromatic N) is 1. The maximum Gasteiger partial charge on any atom is 0.227 e. The number of hydrogen-bond acceptors (Lipinski definition) is 4. The molecule has 26 heavy (non-hydrogen) atoms. The summed E-state index contributed by atoms with van der Waals surface area (Å²) in [6, 6.07) is 17.4. The molecule has 2 aromatic carbocycles. The van der Waals surface area contributed by atoms with Crippen LogP contribution in [0.3, 0.4) is 0 Å². The van der Waals surface area contributed by atoms with Gasteiger partial charge in [-0.2, -0.15) is 0 Å². The number of ether oxygens (including phenoxy) is 2. The molecule has 2 N–H and O–H groups in total. The fraction of sp³-hybridized carbons (Fsp3) is 0.350. The number of nitrogens with two attached hydrogens (primary N) is 1. The topological polar surface area (TPSA) is 64.8 Å². The molecule has 0 atom stereocenters. The Morgan fingerprint density at radius 1 is 0.962 bits per heavy atom. The van der Waals surface area contributed by atoms with E-state index in [9.17, 15) is 4.79 Å². The van der Waals surface area contributed by atoms with Gasteiger partial charge in [0.25, 0.3) is 0 Å². The summed E-state index contributed by atoms with van der Waals surface area (Å²) in [5.41, 5.74) is 8.46. The summed E-state index contributed by atoms with van der Waals surface area (Å²) in [6.45, 7) is 2.69. The van der Waals surface area contributed by atoms with Crippen molar-refractivity contribution in [3.05, 3.63) is 65.7 Å². The number of carbonyl (C=O) groups is 1. The van der Waals surface area contributed by atoms with Crippen molar-refractivity contribution in [2.75, 3.05) is 39.2 Å². The van der Waals surface area contributed by atoms with E-state index in [2.05, 4.69) is 0 Å². The van der Waals surface area contributed by atoms with Crippen LogP contribution in [-0.2, 0) is 27.2 Å². The Hall–Kier alpha value is -2.08. The standard InChI is InChI=1S/C20H26N2O3.ClH/c1-24-13-14-25-12-11-22(16-18-5-3-2-4-6-18)20(23)15-17-7-9-19(21)10-8-17;/h2-10H,11-16,21H2,1H3;1H. The maximum absolute atomic E-state index is 12.7. The lowest BCUT2D eigenvalue weighted by atomic mass is 10.1. The molecular weight excluding hydrogens is 352 g/mol. The number of benzene rings is 2. The first-order chi connectivity index (χ1) is 12.2. The highest BCUT2D eigenvalue weighted by Crippen LogP contribution is 2.10. The van der Waals surface area contributed by atoms with Gasteiger partial charge in [-0.1, -0.05) is 42.5 Å². The lowest BCUT2D eigenvalue weighted by molar-refractivity contribution is -0.132. The molecule has 2 rings (SSSR count). The highest BCUT2D eigenvalue weighted by molar-refractivity contribution is 5.85. The first kappa shape index (κ1) is 22.0. The van der Waals surface area contributed by atoms with Crippen molar-refractivity contribution in [2.24, 2.45) is 0 Å². The molecule has 142 valence electrons. The van der Waals surface area contributed by atoms with Crippen LogP contribution in [0.4, 0.5) is 5.69 Å². The Balaban J connectivity index is 0.00000338. The van der Waals surface area contributed by atoms with E-state index in [1.165, 1.54) is 0 Å². The Morgan fingerprint density at radius 2 is 1.65 bits per heavy atom. The molecule has 0 spiro atoms. The fourth-order valence-electron chi connectivity index (χ4n) is 2.44. The molecule has 0 aliphatic carbocycles. The van der Waals surface area contributed by atoms with Gasteiger partial charge in [-0.3, -0.25) is 4.79 Å². The van der Waals surface area contributed by atoms with Crippen LogP contribution >= 0.6 is 12.4 Å². The predicted molar refractivity (Wildman–Crippen MR) is 106 cm³/mol. The molecule has 6 heteroatoms. The van der Waals surface area contributed by atoms with Crippen LogP contribution in [0.1, 0.15) is 11.1 Å². The monoisotopic (exact) mass is 378 g/mol. The molecular formula is C20H27ClN2O3. The predicted octanol–water partition coefficient (Wildman–Crippen LogP) is 2.92. The van der Waals surface area contributed by atoms with Crippen molar-refractivity contribution in [1.29, 1.82) is 0 Å². The van der Waals surface area contributed by atoms with Gasteiger partial charge in [0.2, 0.25) is 5.91 Å². The Morgan fingerprint density at radius 3 is 2.31 bits per heavy atom. The molecule has 0 bridgehead atoms. The van der Waals surface area contributed by atoms with Gasteiger partial charge in [0.15, 0.2) is 0 Å². The van der Waals surface area contributed by atoms with Gasteiger partial charge >= 0.3 is 0 Å². The van der Waals surface area contributed by atoms with E-state index >= 15 is 0 Å². The molecule has 0 radical (unpaired) electrons. The third-order valence-corrected chi connectivity index (χ3v) is 3.84. The van der Waals surface area contributed by atoms with Crippen LogP contribution in [0.2, 0.25) is 0 Å². The number of methoxy groups -OCH3 is 1. The zero-order valence-corrected chi connectivity index (χ0v) is 15.9. The van der Waals surface area contributed by atoms with Crippen LogP contribution in [0.25, 0.3) is 0 Å². The Kier molecular flexibility index (Phi) is 10.4. The van der Waals surface area contributed by atoms with E-state index in [4.69, 9.17) is 15.2 Å². The van der Waals surface area contributed by atoms with Gasteiger partial charge in [-0.05, 0) is 23.3 Å². The smallest absolute Gasteiger partial charge is 0.227 e. The van der Waals surface area contributed by atoms with Gasteiger partial charge in [0.1, 0.15) is 0 Å². The molecule has 0 aromatic heterocycles. The molecule has 1 amide bonds. The summed E-state index contributed by atoms with van der Waals surface area (Å²) in [4.78, 5) is 14.6. The molecule has 0 unspecified atom stereocenters. The minimum atomic E-state index is 0. The number of nitrogen functional groups attached to an aromatic ring is 1. The van der Waals surface area contributed by atoms with Crippen molar-refractivity contribution >= 4 is 24.0 Å². The number of carbonyl (C=O) groups excluding carboxylic acids is 1. The molecule has 5 nitrogen and oxygen atoms in total. The minimum absolute atomic E-state index is 0. The summed E-state index contributed by atoms with van der Waals surface area (Å²) < 4.78 is 10.5. The lowest BCUT2D eigenvalue weighted by Crippen LogP contribution is -2.35. The highest BCUT2D eigenvalue weighted by Gasteiger charge is 2.14. The number of hydrogen-bond donors (Lipinski definition) is 1. The second-order valence-electron chi connectivity index (χ2n) is 5.82.